The fourth-order valence-corrected chi connectivity index (χ4v) is 3.09. The zero-order valence-electron chi connectivity index (χ0n) is 12.9. The second kappa shape index (κ2) is 7.08. The summed E-state index contributed by atoms with van der Waals surface area (Å²) >= 11 is 0. The summed E-state index contributed by atoms with van der Waals surface area (Å²) in [4.78, 5) is 13.4. The van der Waals surface area contributed by atoms with Crippen molar-refractivity contribution >= 4 is 15.9 Å². The fraction of sp³-hybridized carbons (Fsp3) is 0.500. The first-order valence-electron chi connectivity index (χ1n) is 7.19. The number of sulfonamides is 1. The number of alkyl halides is 3. The molecule has 10 heteroatoms. The van der Waals surface area contributed by atoms with Gasteiger partial charge in [-0.1, -0.05) is 18.2 Å². The van der Waals surface area contributed by atoms with Crippen LogP contribution in [0, 0.1) is 0 Å². The van der Waals surface area contributed by atoms with Crippen LogP contribution in [0.25, 0.3) is 0 Å². The summed E-state index contributed by atoms with van der Waals surface area (Å²) < 4.78 is 62.0. The van der Waals surface area contributed by atoms with E-state index in [1.54, 1.807) is 18.2 Å². The predicted molar refractivity (Wildman–Crippen MR) is 82.0 cm³/mol. The summed E-state index contributed by atoms with van der Waals surface area (Å²) in [5, 5.41) is 3.07. The highest BCUT2D eigenvalue weighted by atomic mass is 32.2. The molecule has 0 radical (unpaired) electrons. The molecule has 0 spiro atoms. The van der Waals surface area contributed by atoms with Gasteiger partial charge in [-0.15, -0.1) is 0 Å². The van der Waals surface area contributed by atoms with Crippen LogP contribution in [0.15, 0.2) is 24.3 Å². The van der Waals surface area contributed by atoms with Crippen molar-refractivity contribution in [2.24, 2.45) is 0 Å². The molecule has 1 atom stereocenters. The Bertz CT molecular complexity index is 707. The van der Waals surface area contributed by atoms with Gasteiger partial charge in [-0.3, -0.25) is 9.69 Å². The van der Waals surface area contributed by atoms with Crippen LogP contribution in [0.4, 0.5) is 13.2 Å². The molecule has 1 aliphatic heterocycles. The van der Waals surface area contributed by atoms with Crippen molar-refractivity contribution in [2.45, 2.75) is 12.2 Å². The molecule has 2 N–H and O–H groups in total. The van der Waals surface area contributed by atoms with Gasteiger partial charge in [0.1, 0.15) is 0 Å². The Hall–Kier alpha value is -1.65. The number of nitrogens with one attached hydrogen (secondary N) is 2. The molecule has 0 aromatic heterocycles. The van der Waals surface area contributed by atoms with Crippen LogP contribution < -0.4 is 10.0 Å². The van der Waals surface area contributed by atoms with E-state index >= 15 is 0 Å². The van der Waals surface area contributed by atoms with Crippen LogP contribution in [0.2, 0.25) is 0 Å². The molecular formula is C14H18F3N3O3S. The molecule has 1 amide bonds. The standard InChI is InChI=1S/C14H18F3N3O3S/c1-24(22,23)19-13(21)11-5-3-2-4-10(11)12-8-20(7-6-18-12)9-14(15,16)17/h2-5,12,18H,6-9H2,1H3,(H,19,21). The van der Waals surface area contributed by atoms with E-state index in [0.717, 1.165) is 6.26 Å². The van der Waals surface area contributed by atoms with Crippen molar-refractivity contribution in [2.75, 3.05) is 32.4 Å². The van der Waals surface area contributed by atoms with Crippen molar-refractivity contribution in [3.05, 3.63) is 35.4 Å². The number of rotatable bonds is 4. The van der Waals surface area contributed by atoms with E-state index < -0.39 is 34.7 Å². The zero-order chi connectivity index (χ0) is 18.0. The SMILES string of the molecule is CS(=O)(=O)NC(=O)c1ccccc1C1CN(CC(F)(F)F)CCN1. The van der Waals surface area contributed by atoms with Crippen LogP contribution in [0.5, 0.6) is 0 Å². The number of benzene rings is 1. The topological polar surface area (TPSA) is 78.5 Å². The largest absolute Gasteiger partial charge is 0.401 e. The third-order valence-corrected chi connectivity index (χ3v) is 4.08. The number of hydrogen-bond acceptors (Lipinski definition) is 5. The molecule has 1 unspecified atom stereocenters. The minimum absolute atomic E-state index is 0.0721. The van der Waals surface area contributed by atoms with Gasteiger partial charge < -0.3 is 5.32 Å². The Balaban J connectivity index is 2.21. The van der Waals surface area contributed by atoms with E-state index in [1.165, 1.54) is 11.0 Å². The highest BCUT2D eigenvalue weighted by Crippen LogP contribution is 2.24. The van der Waals surface area contributed by atoms with E-state index in [1.807, 2.05) is 4.72 Å². The average molecular weight is 365 g/mol. The highest BCUT2D eigenvalue weighted by Gasteiger charge is 2.34. The molecule has 134 valence electrons. The number of hydrogen-bond donors (Lipinski definition) is 2. The quantitative estimate of drug-likeness (QED) is 0.828. The Morgan fingerprint density at radius 2 is 2.04 bits per heavy atom. The van der Waals surface area contributed by atoms with E-state index in [2.05, 4.69) is 5.32 Å². The van der Waals surface area contributed by atoms with E-state index in [0.29, 0.717) is 12.1 Å². The Morgan fingerprint density at radius 3 is 2.67 bits per heavy atom. The van der Waals surface area contributed by atoms with Gasteiger partial charge in [0, 0.05) is 31.2 Å². The normalized spacial score (nSPS) is 19.9. The number of carbonyl (C=O) groups is 1. The lowest BCUT2D eigenvalue weighted by atomic mass is 9.98. The second-order valence-corrected chi connectivity index (χ2v) is 7.40. The summed E-state index contributed by atoms with van der Waals surface area (Å²) in [6.07, 6.45) is -3.44. The summed E-state index contributed by atoms with van der Waals surface area (Å²) in [6, 6.07) is 5.77. The van der Waals surface area contributed by atoms with Crippen LogP contribution in [-0.4, -0.2) is 57.8 Å². The first kappa shape index (κ1) is 18.7. The summed E-state index contributed by atoms with van der Waals surface area (Å²) in [5.41, 5.74) is 0.583. The maximum atomic E-state index is 12.6. The number of halogens is 3. The number of amides is 1. The molecule has 1 saturated heterocycles. The summed E-state index contributed by atoms with van der Waals surface area (Å²) in [6.45, 7) is -0.373. The van der Waals surface area contributed by atoms with Crippen molar-refractivity contribution < 1.29 is 26.4 Å². The van der Waals surface area contributed by atoms with E-state index in [4.69, 9.17) is 0 Å². The van der Waals surface area contributed by atoms with Crippen molar-refractivity contribution in [1.29, 1.82) is 0 Å². The minimum Gasteiger partial charge on any atom is -0.308 e. The molecule has 1 aromatic rings. The zero-order valence-corrected chi connectivity index (χ0v) is 13.7. The molecule has 1 aliphatic rings. The molecule has 1 heterocycles. The molecule has 6 nitrogen and oxygen atoms in total. The van der Waals surface area contributed by atoms with Crippen molar-refractivity contribution in [3.8, 4) is 0 Å². The maximum absolute atomic E-state index is 12.6. The van der Waals surface area contributed by atoms with Gasteiger partial charge in [-0.05, 0) is 11.6 Å². The predicted octanol–water partition coefficient (Wildman–Crippen LogP) is 0.885. The van der Waals surface area contributed by atoms with Crippen LogP contribution in [0.1, 0.15) is 22.0 Å². The Morgan fingerprint density at radius 1 is 1.38 bits per heavy atom. The summed E-state index contributed by atoms with van der Waals surface area (Å²) in [5.74, 6) is -0.803. The number of carbonyl (C=O) groups excluding carboxylic acids is 1. The van der Waals surface area contributed by atoms with Crippen LogP contribution in [0.3, 0.4) is 0 Å². The van der Waals surface area contributed by atoms with Gasteiger partial charge >= 0.3 is 6.18 Å². The molecule has 0 bridgehead atoms. The van der Waals surface area contributed by atoms with E-state index in [9.17, 15) is 26.4 Å². The molecule has 1 aromatic carbocycles. The lowest BCUT2D eigenvalue weighted by Crippen LogP contribution is -2.49. The number of piperazine rings is 1. The first-order chi connectivity index (χ1) is 11.1. The first-order valence-corrected chi connectivity index (χ1v) is 9.08. The highest BCUT2D eigenvalue weighted by molar-refractivity contribution is 7.89. The Kier molecular flexibility index (Phi) is 5.51. The smallest absolute Gasteiger partial charge is 0.308 e. The molecule has 2 rings (SSSR count). The molecule has 0 aliphatic carbocycles. The van der Waals surface area contributed by atoms with Gasteiger partial charge in [0.2, 0.25) is 10.0 Å². The number of nitrogens with zero attached hydrogens (tertiary/aromatic N) is 1. The third kappa shape index (κ3) is 5.46. The van der Waals surface area contributed by atoms with Gasteiger partial charge in [0.15, 0.2) is 0 Å². The third-order valence-electron chi connectivity index (χ3n) is 3.52. The molecular weight excluding hydrogens is 347 g/mol. The monoisotopic (exact) mass is 365 g/mol. The summed E-state index contributed by atoms with van der Waals surface area (Å²) in [7, 11) is -3.73. The van der Waals surface area contributed by atoms with Crippen molar-refractivity contribution in [1.82, 2.24) is 14.9 Å². The van der Waals surface area contributed by atoms with Crippen molar-refractivity contribution in [3.63, 3.8) is 0 Å². The molecule has 1 fully saturated rings. The van der Waals surface area contributed by atoms with E-state index in [-0.39, 0.29) is 18.7 Å². The van der Waals surface area contributed by atoms with Gasteiger partial charge in [-0.25, -0.2) is 13.1 Å². The van der Waals surface area contributed by atoms with Crippen LogP contribution in [-0.2, 0) is 10.0 Å². The van der Waals surface area contributed by atoms with Gasteiger partial charge in [0.25, 0.3) is 5.91 Å². The minimum atomic E-state index is -4.30. The van der Waals surface area contributed by atoms with Gasteiger partial charge in [0.05, 0.1) is 12.8 Å². The Labute approximate surface area is 138 Å². The maximum Gasteiger partial charge on any atom is 0.401 e. The second-order valence-electron chi connectivity index (χ2n) is 5.65. The molecule has 0 saturated carbocycles. The average Bonchev–Trinajstić information content (AvgIpc) is 2.44. The molecule has 24 heavy (non-hydrogen) atoms. The fourth-order valence-electron chi connectivity index (χ4n) is 2.65. The lowest BCUT2D eigenvalue weighted by molar-refractivity contribution is -0.148. The van der Waals surface area contributed by atoms with Crippen LogP contribution >= 0.6 is 0 Å². The lowest BCUT2D eigenvalue weighted by Gasteiger charge is -2.34. The van der Waals surface area contributed by atoms with Gasteiger partial charge in [-0.2, -0.15) is 13.2 Å².